The van der Waals surface area contributed by atoms with E-state index in [2.05, 4.69) is 47.5 Å². The van der Waals surface area contributed by atoms with E-state index in [1.54, 1.807) is 0 Å². The first-order chi connectivity index (χ1) is 43.3. The van der Waals surface area contributed by atoms with Crippen molar-refractivity contribution in [1.29, 1.82) is 5.26 Å². The molecule has 0 spiro atoms. The number of aliphatic hydroxyl groups excluding tert-OH is 1. The number of anilines is 2. The fourth-order valence-corrected chi connectivity index (χ4v) is 16.5. The van der Waals surface area contributed by atoms with Crippen LogP contribution in [0.1, 0.15) is 112 Å². The van der Waals surface area contributed by atoms with Gasteiger partial charge in [-0.2, -0.15) is 25.2 Å². The first kappa shape index (κ1) is 56.9. The zero-order chi connectivity index (χ0) is 61.0. The lowest BCUT2D eigenvalue weighted by molar-refractivity contribution is 0.107. The van der Waals surface area contributed by atoms with Gasteiger partial charge >= 0.3 is 12.0 Å². The normalized spacial score (nSPS) is 22.3. The van der Waals surface area contributed by atoms with Crippen LogP contribution in [0.3, 0.4) is 0 Å². The Balaban J connectivity index is 0.000000149. The third kappa shape index (κ3) is 9.36. The number of nitriles is 1. The van der Waals surface area contributed by atoms with Crippen molar-refractivity contribution in [3.63, 3.8) is 0 Å². The van der Waals surface area contributed by atoms with Gasteiger partial charge in [-0.25, -0.2) is 27.5 Å². The van der Waals surface area contributed by atoms with Crippen LogP contribution in [-0.2, 0) is 12.8 Å². The summed E-state index contributed by atoms with van der Waals surface area (Å²) in [7, 11) is 0. The fraction of sp³-hybridized carbons (Fsp3) is 0.435. The number of hydrogen-bond donors (Lipinski definition) is 3. The summed E-state index contributed by atoms with van der Waals surface area (Å²) in [6.45, 7) is 6.35. The molecule has 4 aromatic heterocycles. The van der Waals surface area contributed by atoms with Gasteiger partial charge in [0.1, 0.15) is 70.4 Å². The first-order valence-corrected chi connectivity index (χ1v) is 31.3. The van der Waals surface area contributed by atoms with E-state index >= 15 is 8.78 Å². The van der Waals surface area contributed by atoms with Crippen LogP contribution in [0.15, 0.2) is 48.5 Å². The molecule has 0 bridgehead atoms. The third-order valence-electron chi connectivity index (χ3n) is 20.6. The van der Waals surface area contributed by atoms with Gasteiger partial charge in [-0.15, -0.1) is 12.8 Å². The maximum absolute atomic E-state index is 17.0. The molecule has 6 fully saturated rings. The number of piperidine rings is 2. The number of benzene rings is 4. The Morgan fingerprint density at radius 1 is 0.551 bits per heavy atom. The van der Waals surface area contributed by atoms with Gasteiger partial charge < -0.3 is 34.6 Å². The molecule has 3 N–H and O–H groups in total. The maximum Gasteiger partial charge on any atom is 0.319 e. The van der Waals surface area contributed by atoms with Crippen molar-refractivity contribution >= 4 is 55.0 Å². The van der Waals surface area contributed by atoms with Gasteiger partial charge in [0.2, 0.25) is 0 Å². The molecule has 4 aromatic carbocycles. The molecule has 16 rings (SSSR count). The molecule has 0 aliphatic carbocycles. The number of hydrogen-bond acceptors (Lipinski definition) is 16. The van der Waals surface area contributed by atoms with Crippen LogP contribution >= 0.6 is 0 Å². The van der Waals surface area contributed by atoms with Gasteiger partial charge in [0.05, 0.1) is 68.5 Å². The van der Waals surface area contributed by atoms with Gasteiger partial charge in [-0.05, 0) is 163 Å². The average molecular weight is 1200 g/mol. The molecular formula is C69H65F4N11O5. The van der Waals surface area contributed by atoms with E-state index in [0.29, 0.717) is 70.9 Å². The molecule has 0 radical (unpaired) electrons. The molecule has 20 heteroatoms. The van der Waals surface area contributed by atoms with Gasteiger partial charge in [-0.1, -0.05) is 24.0 Å². The zero-order valence-electron chi connectivity index (χ0n) is 49.1. The zero-order valence-corrected chi connectivity index (χ0v) is 49.1. The lowest BCUT2D eigenvalue weighted by atomic mass is 9.89. The van der Waals surface area contributed by atoms with E-state index < -0.39 is 35.3 Å². The Morgan fingerprint density at radius 2 is 1.00 bits per heavy atom. The van der Waals surface area contributed by atoms with E-state index in [1.165, 1.54) is 48.5 Å². The van der Waals surface area contributed by atoms with Crippen LogP contribution in [0.2, 0.25) is 0 Å². The summed E-state index contributed by atoms with van der Waals surface area (Å²) in [6, 6.07) is 13.4. The summed E-state index contributed by atoms with van der Waals surface area (Å²) < 4.78 is 76.5. The fourth-order valence-electron chi connectivity index (χ4n) is 16.5. The Labute approximate surface area is 511 Å². The number of aliphatic hydroxyl groups is 1. The smallest absolute Gasteiger partial charge is 0.319 e. The summed E-state index contributed by atoms with van der Waals surface area (Å²) >= 11 is 0. The van der Waals surface area contributed by atoms with Crippen LogP contribution < -0.4 is 19.3 Å². The van der Waals surface area contributed by atoms with Crippen molar-refractivity contribution in [1.82, 2.24) is 39.7 Å². The van der Waals surface area contributed by atoms with Gasteiger partial charge in [0.25, 0.3) is 0 Å². The van der Waals surface area contributed by atoms with Crippen LogP contribution in [-0.4, -0.2) is 137 Å². The van der Waals surface area contributed by atoms with Gasteiger partial charge in [0, 0.05) is 53.9 Å². The minimum Gasteiger partial charge on any atom is -0.508 e. The molecule has 16 nitrogen and oxygen atoms in total. The Morgan fingerprint density at radius 3 is 1.46 bits per heavy atom. The van der Waals surface area contributed by atoms with Crippen molar-refractivity contribution in [2.75, 3.05) is 62.3 Å². The van der Waals surface area contributed by atoms with E-state index in [9.17, 15) is 29.4 Å². The molecule has 0 amide bonds. The number of rotatable bonds is 8. The van der Waals surface area contributed by atoms with Crippen molar-refractivity contribution in [2.24, 2.45) is 5.92 Å². The number of ether oxygens (including phenoxy) is 2. The van der Waals surface area contributed by atoms with Crippen molar-refractivity contribution in [2.45, 2.75) is 132 Å². The Bertz CT molecular complexity index is 4370. The van der Waals surface area contributed by atoms with Crippen LogP contribution in [0.4, 0.5) is 29.2 Å². The van der Waals surface area contributed by atoms with E-state index in [1.807, 2.05) is 0 Å². The molecule has 8 aliphatic rings. The maximum atomic E-state index is 17.0. The SMILES string of the molecule is C#Cc1c(F)ccc2cc(O)cc(-c3nc4c5c(nc(OCC67CCCN6CCC7)nc5c3F)N3CCCCC3C(C#N)C4)c12.C#Cc1c(F)ccc2cc(O)cc(-c3nc4c5c(nc(OCC67CCCN6CCC7)nc5c3F)N3CCCCC3C(O)C4)c12. The first-order valence-electron chi connectivity index (χ1n) is 31.3. The predicted molar refractivity (Wildman–Crippen MR) is 329 cm³/mol. The highest BCUT2D eigenvalue weighted by atomic mass is 19.1. The number of aromatic nitrogens is 6. The monoisotopic (exact) mass is 1200 g/mol. The van der Waals surface area contributed by atoms with Crippen molar-refractivity contribution in [3.8, 4) is 76.8 Å². The molecule has 4 atom stereocenters. The Hall–Kier alpha value is -8.61. The topological polar surface area (TPSA) is 193 Å². The molecule has 89 heavy (non-hydrogen) atoms. The molecule has 8 aliphatic heterocycles. The van der Waals surface area contributed by atoms with Crippen molar-refractivity contribution in [3.05, 3.63) is 94.3 Å². The highest BCUT2D eigenvalue weighted by molar-refractivity contribution is 6.05. The summed E-state index contributed by atoms with van der Waals surface area (Å²) in [4.78, 5) is 37.8. The highest BCUT2D eigenvalue weighted by Gasteiger charge is 2.47. The van der Waals surface area contributed by atoms with Crippen molar-refractivity contribution < 1.29 is 42.4 Å². The quantitative estimate of drug-likeness (QED) is 0.0960. The van der Waals surface area contributed by atoms with Crippen LogP contribution in [0.25, 0.3) is 65.9 Å². The summed E-state index contributed by atoms with van der Waals surface area (Å²) in [5, 5.41) is 45.3. The number of pyridine rings is 2. The van der Waals surface area contributed by atoms with E-state index in [0.717, 1.165) is 116 Å². The molecule has 8 aromatic rings. The number of aromatic hydroxyl groups is 2. The third-order valence-corrected chi connectivity index (χ3v) is 20.6. The van der Waals surface area contributed by atoms with Crippen LogP contribution in [0, 0.1) is 65.2 Å². The minimum atomic E-state index is -0.771. The summed E-state index contributed by atoms with van der Waals surface area (Å²) in [5.74, 6) is 2.38. The second-order valence-corrected chi connectivity index (χ2v) is 25.5. The standard InChI is InChI=1S/C35H32F2N6O2.C34H33F2N5O3/c1-2-23-25(36)9-8-20-15-22(44)17-24(28(20)23)31-30(37)32-29-26(39-31)16-21(18-38)27-7-3-4-14-43(27)33(29)41-34(40-32)45-19-35-10-5-12-42(35)13-6-11-35;1-2-21-23(35)9-8-19-15-20(42)16-22(27(19)21)30-29(36)31-28-24(37-30)17-26(43)25-7-3-4-14-41(25)32(28)39-33(38-31)44-18-34-10-5-12-40(34)13-6-11-34/h1,8-9,15,17,21,27,44H,3-7,10-14,16,19H2;1,8-9,15-16,25-26,42-43H,3-7,10-14,17-18H2. The molecule has 0 saturated carbocycles. The van der Waals surface area contributed by atoms with Crippen LogP contribution in [0.5, 0.6) is 23.5 Å². The largest absolute Gasteiger partial charge is 0.508 e. The Kier molecular flexibility index (Phi) is 14.2. The highest BCUT2D eigenvalue weighted by Crippen LogP contribution is 2.48. The molecular weight excluding hydrogens is 1140 g/mol. The number of nitrogens with zero attached hydrogens (tertiary/aromatic N) is 11. The number of fused-ring (bicyclic) bond motifs is 8. The van der Waals surface area contributed by atoms with Gasteiger partial charge in [-0.3, -0.25) is 9.80 Å². The molecule has 454 valence electrons. The molecule has 12 heterocycles. The summed E-state index contributed by atoms with van der Waals surface area (Å²) in [6.07, 6.45) is 25.1. The van der Waals surface area contributed by atoms with E-state index in [-0.39, 0.29) is 115 Å². The second-order valence-electron chi connectivity index (χ2n) is 25.5. The molecule has 6 saturated heterocycles. The second kappa shape index (κ2) is 22.2. The molecule has 4 unspecified atom stereocenters. The predicted octanol–water partition coefficient (Wildman–Crippen LogP) is 11.0. The number of halogens is 4. The lowest BCUT2D eigenvalue weighted by Crippen LogP contribution is -2.47. The minimum absolute atomic E-state index is 0.0192. The number of terminal acetylenes is 2. The van der Waals surface area contributed by atoms with Gasteiger partial charge in [0.15, 0.2) is 11.6 Å². The number of phenolic OH excluding ortho intramolecular Hbond substituents is 2. The lowest BCUT2D eigenvalue weighted by Gasteiger charge is -2.38. The van der Waals surface area contributed by atoms with E-state index in [4.69, 9.17) is 42.3 Å². The number of phenols is 2. The summed E-state index contributed by atoms with van der Waals surface area (Å²) in [5.41, 5.74) is 0.796. The average Bonchev–Trinajstić information content (AvgIpc) is 1.72.